The molecule has 0 saturated carbocycles. The molecular formula is C12H15N3O2. The molecule has 90 valence electrons. The maximum Gasteiger partial charge on any atom is 0.221 e. The third-order valence-electron chi connectivity index (χ3n) is 2.42. The number of nitrogens with zero attached hydrogens (tertiary/aromatic N) is 1. The molecular weight excluding hydrogens is 218 g/mol. The minimum absolute atomic E-state index is 0.0380. The summed E-state index contributed by atoms with van der Waals surface area (Å²) >= 11 is 0. The van der Waals surface area contributed by atoms with E-state index < -0.39 is 0 Å². The van der Waals surface area contributed by atoms with Crippen LogP contribution in [0.2, 0.25) is 0 Å². The first kappa shape index (κ1) is 11.6. The van der Waals surface area contributed by atoms with Gasteiger partial charge < -0.3 is 15.5 Å². The fourth-order valence-corrected chi connectivity index (χ4v) is 1.62. The largest absolute Gasteiger partial charge is 0.441 e. The molecule has 1 aromatic carbocycles. The summed E-state index contributed by atoms with van der Waals surface area (Å²) in [6.07, 6.45) is 0.352. The Morgan fingerprint density at radius 2 is 2.35 bits per heavy atom. The van der Waals surface area contributed by atoms with Crippen molar-refractivity contribution in [2.45, 2.75) is 19.9 Å². The topological polar surface area (TPSA) is 81.2 Å². The second-order valence-electron chi connectivity index (χ2n) is 3.85. The number of fused-ring (bicyclic) bond motifs is 1. The number of hydrogen-bond donors (Lipinski definition) is 2. The normalized spacial score (nSPS) is 10.7. The number of aryl methyl sites for hydroxylation is 1. The Labute approximate surface area is 99.0 Å². The van der Waals surface area contributed by atoms with Crippen molar-refractivity contribution in [2.24, 2.45) is 5.73 Å². The molecule has 0 unspecified atom stereocenters. The molecule has 5 nitrogen and oxygen atoms in total. The Morgan fingerprint density at radius 1 is 1.53 bits per heavy atom. The zero-order valence-corrected chi connectivity index (χ0v) is 9.69. The summed E-state index contributed by atoms with van der Waals surface area (Å²) in [4.78, 5) is 15.5. The van der Waals surface area contributed by atoms with Gasteiger partial charge in [0.05, 0.1) is 0 Å². The molecule has 2 rings (SSSR count). The Morgan fingerprint density at radius 3 is 3.12 bits per heavy atom. The van der Waals surface area contributed by atoms with Crippen LogP contribution in [0, 0.1) is 6.92 Å². The van der Waals surface area contributed by atoms with Crippen molar-refractivity contribution in [1.29, 1.82) is 0 Å². The highest BCUT2D eigenvalue weighted by atomic mass is 16.3. The van der Waals surface area contributed by atoms with Gasteiger partial charge in [-0.2, -0.15) is 0 Å². The van der Waals surface area contributed by atoms with Crippen LogP contribution in [-0.2, 0) is 11.3 Å². The molecule has 0 spiro atoms. The van der Waals surface area contributed by atoms with E-state index in [1.807, 2.05) is 25.1 Å². The van der Waals surface area contributed by atoms with Crippen LogP contribution in [0.5, 0.6) is 0 Å². The minimum Gasteiger partial charge on any atom is -0.441 e. The minimum atomic E-state index is -0.0380. The summed E-state index contributed by atoms with van der Waals surface area (Å²) in [5.41, 5.74) is 7.87. The van der Waals surface area contributed by atoms with E-state index in [1.54, 1.807) is 0 Å². The first-order valence-corrected chi connectivity index (χ1v) is 5.52. The first-order valence-electron chi connectivity index (χ1n) is 5.52. The van der Waals surface area contributed by atoms with E-state index in [2.05, 4.69) is 10.3 Å². The molecule has 0 aliphatic carbocycles. The van der Waals surface area contributed by atoms with Gasteiger partial charge in [0.15, 0.2) is 11.5 Å². The summed E-state index contributed by atoms with van der Waals surface area (Å²) in [7, 11) is 0. The summed E-state index contributed by atoms with van der Waals surface area (Å²) in [5, 5.41) is 2.79. The quantitative estimate of drug-likeness (QED) is 0.828. The van der Waals surface area contributed by atoms with Gasteiger partial charge in [0.2, 0.25) is 5.91 Å². The van der Waals surface area contributed by atoms with Gasteiger partial charge in [-0.15, -0.1) is 0 Å². The van der Waals surface area contributed by atoms with Crippen LogP contribution >= 0.6 is 0 Å². The summed E-state index contributed by atoms with van der Waals surface area (Å²) in [6, 6.07) is 5.68. The van der Waals surface area contributed by atoms with Crippen molar-refractivity contribution >= 4 is 17.0 Å². The predicted molar refractivity (Wildman–Crippen MR) is 64.3 cm³/mol. The molecule has 0 aliphatic rings. The Balaban J connectivity index is 2.06. The molecule has 1 heterocycles. The van der Waals surface area contributed by atoms with Gasteiger partial charge in [0.1, 0.15) is 5.52 Å². The third-order valence-corrected chi connectivity index (χ3v) is 2.42. The average molecular weight is 233 g/mol. The fraction of sp³-hybridized carbons (Fsp3) is 0.333. The number of oxazole rings is 1. The van der Waals surface area contributed by atoms with Crippen LogP contribution in [0.1, 0.15) is 17.9 Å². The third kappa shape index (κ3) is 2.82. The highest BCUT2D eigenvalue weighted by Crippen LogP contribution is 2.16. The lowest BCUT2D eigenvalue weighted by Crippen LogP contribution is -2.24. The van der Waals surface area contributed by atoms with E-state index >= 15 is 0 Å². The number of aromatic nitrogens is 1. The van der Waals surface area contributed by atoms with E-state index in [-0.39, 0.29) is 5.91 Å². The summed E-state index contributed by atoms with van der Waals surface area (Å²) < 4.78 is 5.37. The number of carbonyl (C=O) groups excluding carboxylic acids is 1. The van der Waals surface area contributed by atoms with Gasteiger partial charge in [0, 0.05) is 26.4 Å². The van der Waals surface area contributed by atoms with Crippen LogP contribution in [0.25, 0.3) is 11.1 Å². The molecule has 1 aromatic heterocycles. The van der Waals surface area contributed by atoms with Crippen molar-refractivity contribution in [3.8, 4) is 0 Å². The van der Waals surface area contributed by atoms with E-state index in [9.17, 15) is 4.79 Å². The Bertz CT molecular complexity index is 534. The molecule has 2 aromatic rings. The molecule has 0 radical (unpaired) electrons. The maximum absolute atomic E-state index is 11.3. The number of benzene rings is 1. The van der Waals surface area contributed by atoms with Crippen LogP contribution in [-0.4, -0.2) is 17.4 Å². The van der Waals surface area contributed by atoms with Crippen LogP contribution in [0.4, 0.5) is 0 Å². The second kappa shape index (κ2) is 4.97. The van der Waals surface area contributed by atoms with Gasteiger partial charge in [0.25, 0.3) is 0 Å². The SMILES string of the molecule is Cc1nc2cc(CNC(=O)CCN)ccc2o1. The van der Waals surface area contributed by atoms with Gasteiger partial charge >= 0.3 is 0 Å². The number of carbonyl (C=O) groups is 1. The lowest BCUT2D eigenvalue weighted by atomic mass is 10.2. The standard InChI is InChI=1S/C12H15N3O2/c1-8-15-10-6-9(2-3-11(10)17-8)7-14-12(16)4-5-13/h2-3,6H,4-5,7,13H2,1H3,(H,14,16). The molecule has 3 N–H and O–H groups in total. The maximum atomic E-state index is 11.3. The number of nitrogens with one attached hydrogen (secondary N) is 1. The lowest BCUT2D eigenvalue weighted by molar-refractivity contribution is -0.121. The van der Waals surface area contributed by atoms with Crippen LogP contribution in [0.3, 0.4) is 0 Å². The molecule has 17 heavy (non-hydrogen) atoms. The fourth-order valence-electron chi connectivity index (χ4n) is 1.62. The van der Waals surface area contributed by atoms with Gasteiger partial charge in [-0.1, -0.05) is 6.07 Å². The lowest BCUT2D eigenvalue weighted by Gasteiger charge is -2.03. The molecule has 1 amide bonds. The Kier molecular flexibility index (Phi) is 3.39. The van der Waals surface area contributed by atoms with E-state index in [1.165, 1.54) is 0 Å². The summed E-state index contributed by atoms with van der Waals surface area (Å²) in [5.74, 6) is 0.605. The van der Waals surface area contributed by atoms with E-state index in [4.69, 9.17) is 10.2 Å². The number of amides is 1. The van der Waals surface area contributed by atoms with Gasteiger partial charge in [-0.05, 0) is 17.7 Å². The number of rotatable bonds is 4. The predicted octanol–water partition coefficient (Wildman–Crippen LogP) is 1.10. The molecule has 0 bridgehead atoms. The van der Waals surface area contributed by atoms with Crippen LogP contribution in [0.15, 0.2) is 22.6 Å². The van der Waals surface area contributed by atoms with Crippen molar-refractivity contribution in [3.63, 3.8) is 0 Å². The van der Waals surface area contributed by atoms with E-state index in [0.29, 0.717) is 25.4 Å². The molecule has 0 fully saturated rings. The zero-order chi connectivity index (χ0) is 12.3. The van der Waals surface area contributed by atoms with Gasteiger partial charge in [-0.3, -0.25) is 4.79 Å². The Hall–Kier alpha value is -1.88. The van der Waals surface area contributed by atoms with Crippen molar-refractivity contribution in [1.82, 2.24) is 10.3 Å². The smallest absolute Gasteiger partial charge is 0.221 e. The molecule has 0 atom stereocenters. The van der Waals surface area contributed by atoms with E-state index in [0.717, 1.165) is 16.7 Å². The van der Waals surface area contributed by atoms with Gasteiger partial charge in [-0.25, -0.2) is 4.98 Å². The number of nitrogens with two attached hydrogens (primary N) is 1. The molecule has 5 heteroatoms. The van der Waals surface area contributed by atoms with Crippen molar-refractivity contribution < 1.29 is 9.21 Å². The monoisotopic (exact) mass is 233 g/mol. The zero-order valence-electron chi connectivity index (χ0n) is 9.69. The highest BCUT2D eigenvalue weighted by molar-refractivity contribution is 5.76. The summed E-state index contributed by atoms with van der Waals surface area (Å²) in [6.45, 7) is 2.66. The highest BCUT2D eigenvalue weighted by Gasteiger charge is 2.04. The van der Waals surface area contributed by atoms with Crippen molar-refractivity contribution in [2.75, 3.05) is 6.54 Å². The molecule has 0 saturated heterocycles. The first-order chi connectivity index (χ1) is 8.19. The molecule has 0 aliphatic heterocycles. The number of hydrogen-bond acceptors (Lipinski definition) is 4. The average Bonchev–Trinajstić information content (AvgIpc) is 2.66. The van der Waals surface area contributed by atoms with Crippen LogP contribution < -0.4 is 11.1 Å². The second-order valence-corrected chi connectivity index (χ2v) is 3.85. The van der Waals surface area contributed by atoms with Crippen molar-refractivity contribution in [3.05, 3.63) is 29.7 Å².